The van der Waals surface area contributed by atoms with Gasteiger partial charge in [0.2, 0.25) is 0 Å². The Kier molecular flexibility index (Phi) is 11.0. The summed E-state index contributed by atoms with van der Waals surface area (Å²) < 4.78 is 25.0. The molecule has 248 valence electrons. The molecular weight excluding hydrogens is 596 g/mol. The lowest BCUT2D eigenvalue weighted by molar-refractivity contribution is -0.198. The highest BCUT2D eigenvalue weighted by Crippen LogP contribution is 2.51. The van der Waals surface area contributed by atoms with Crippen molar-refractivity contribution >= 4 is 24.7 Å². The fourth-order valence-corrected chi connectivity index (χ4v) is 11.6. The van der Waals surface area contributed by atoms with Crippen molar-refractivity contribution in [2.24, 2.45) is 11.3 Å². The van der Waals surface area contributed by atoms with Gasteiger partial charge >= 0.3 is 5.97 Å². The van der Waals surface area contributed by atoms with Crippen molar-refractivity contribution < 1.29 is 33.6 Å². The van der Waals surface area contributed by atoms with Crippen LogP contribution in [0.1, 0.15) is 53.5 Å². The van der Waals surface area contributed by atoms with Gasteiger partial charge < -0.3 is 28.8 Å². The minimum absolute atomic E-state index is 0.0980. The van der Waals surface area contributed by atoms with Crippen molar-refractivity contribution in [1.82, 2.24) is 0 Å². The number of aliphatic hydroxyl groups excluding tert-OH is 2. The van der Waals surface area contributed by atoms with Crippen LogP contribution < -0.4 is 15.1 Å². The van der Waals surface area contributed by atoms with Crippen LogP contribution in [0.4, 0.5) is 0 Å². The number of hydrogen-bond donors (Lipinski definition) is 2. The van der Waals surface area contributed by atoms with E-state index < -0.39 is 37.5 Å². The topological polar surface area (TPSA) is 94.5 Å². The molecule has 0 heterocycles. The van der Waals surface area contributed by atoms with Crippen LogP contribution in [0.25, 0.3) is 0 Å². The summed E-state index contributed by atoms with van der Waals surface area (Å²) in [6.45, 7) is 12.3. The number of carbonyl (C=O) groups is 1. The lowest BCUT2D eigenvalue weighted by atomic mass is 9.62. The lowest BCUT2D eigenvalue weighted by Gasteiger charge is -2.52. The van der Waals surface area contributed by atoms with E-state index in [9.17, 15) is 15.0 Å². The summed E-state index contributed by atoms with van der Waals surface area (Å²) in [6.07, 6.45) is 0.0219. The molecule has 3 aromatic rings. The number of ether oxygens (including phenoxy) is 3. The molecule has 0 spiro atoms. The summed E-state index contributed by atoms with van der Waals surface area (Å²) in [6, 6.07) is 28.2. The molecule has 0 aromatic heterocycles. The first-order valence-electron chi connectivity index (χ1n) is 15.9. The highest BCUT2D eigenvalue weighted by Gasteiger charge is 2.61. The minimum atomic E-state index is -3.04. The van der Waals surface area contributed by atoms with Crippen LogP contribution in [0.3, 0.4) is 0 Å². The molecule has 5 atom stereocenters. The summed E-state index contributed by atoms with van der Waals surface area (Å²) in [7, 11) is -0.0471. The normalized spacial score (nSPS) is 23.3. The highest BCUT2D eigenvalue weighted by molar-refractivity contribution is 6.99. The molecular formula is C38H50O7Si. The number of benzene rings is 3. The van der Waals surface area contributed by atoms with E-state index in [1.807, 2.05) is 80.6 Å². The van der Waals surface area contributed by atoms with Gasteiger partial charge in [-0.25, -0.2) is 4.79 Å². The van der Waals surface area contributed by atoms with Crippen molar-refractivity contribution in [2.45, 2.75) is 77.4 Å². The molecule has 0 radical (unpaired) electrons. The largest absolute Gasteiger partial charge is 0.497 e. The van der Waals surface area contributed by atoms with Crippen LogP contribution in [0.15, 0.2) is 96.6 Å². The Balaban J connectivity index is 1.90. The van der Waals surface area contributed by atoms with E-state index >= 15 is 0 Å². The average molecular weight is 647 g/mol. The fraction of sp³-hybridized carbons (Fsp3) is 0.447. The van der Waals surface area contributed by atoms with Crippen molar-refractivity contribution in [2.75, 3.05) is 20.8 Å². The highest BCUT2D eigenvalue weighted by atomic mass is 28.4. The van der Waals surface area contributed by atoms with Gasteiger partial charge in [0.05, 0.1) is 26.9 Å². The zero-order valence-electron chi connectivity index (χ0n) is 28.4. The summed E-state index contributed by atoms with van der Waals surface area (Å²) in [5.74, 6) is -0.0790. The van der Waals surface area contributed by atoms with Crippen molar-refractivity contribution in [1.29, 1.82) is 0 Å². The average Bonchev–Trinajstić information content (AvgIpc) is 3.05. The van der Waals surface area contributed by atoms with Crippen LogP contribution in [0, 0.1) is 11.3 Å². The molecule has 4 rings (SSSR count). The SMILES string of the molecule is COC(=O)[C@]1(OCc2ccc(OC)cc2)C[C@@H](C)C(C(O)C(C)O)=C[C@@]1(C)CO[Si](c1ccccc1)(c1ccccc1)C(C)(C)C. The monoisotopic (exact) mass is 646 g/mol. The van der Waals surface area contributed by atoms with E-state index in [4.69, 9.17) is 18.6 Å². The smallest absolute Gasteiger partial charge is 0.339 e. The van der Waals surface area contributed by atoms with Crippen molar-refractivity contribution in [3.8, 4) is 5.75 Å². The van der Waals surface area contributed by atoms with Crippen LogP contribution in [0.5, 0.6) is 5.75 Å². The maximum absolute atomic E-state index is 14.1. The first-order chi connectivity index (χ1) is 21.7. The number of esters is 1. The van der Waals surface area contributed by atoms with E-state index in [2.05, 4.69) is 45.0 Å². The van der Waals surface area contributed by atoms with Gasteiger partial charge in [0.15, 0.2) is 5.60 Å². The maximum Gasteiger partial charge on any atom is 0.339 e. The number of rotatable bonds is 12. The molecule has 46 heavy (non-hydrogen) atoms. The van der Waals surface area contributed by atoms with Crippen LogP contribution >= 0.6 is 0 Å². The minimum Gasteiger partial charge on any atom is -0.497 e. The van der Waals surface area contributed by atoms with Gasteiger partial charge in [0.25, 0.3) is 8.32 Å². The molecule has 0 fully saturated rings. The van der Waals surface area contributed by atoms with Crippen LogP contribution in [0.2, 0.25) is 5.04 Å². The third kappa shape index (κ3) is 6.73. The van der Waals surface area contributed by atoms with Crippen molar-refractivity contribution in [3.05, 3.63) is 102 Å². The van der Waals surface area contributed by atoms with E-state index in [0.717, 1.165) is 21.7 Å². The molecule has 3 aromatic carbocycles. The molecule has 0 amide bonds. The van der Waals surface area contributed by atoms with E-state index in [1.54, 1.807) is 14.0 Å². The van der Waals surface area contributed by atoms with E-state index in [0.29, 0.717) is 5.57 Å². The summed E-state index contributed by atoms with van der Waals surface area (Å²) in [5.41, 5.74) is -1.05. The first-order valence-corrected chi connectivity index (χ1v) is 17.8. The molecule has 0 saturated carbocycles. The molecule has 1 aliphatic carbocycles. The zero-order chi connectivity index (χ0) is 33.8. The Hall–Kier alpha value is -3.27. The molecule has 2 unspecified atom stereocenters. The molecule has 0 saturated heterocycles. The maximum atomic E-state index is 14.1. The fourth-order valence-electron chi connectivity index (χ4n) is 6.93. The predicted molar refractivity (Wildman–Crippen MR) is 184 cm³/mol. The summed E-state index contributed by atoms with van der Waals surface area (Å²) >= 11 is 0. The van der Waals surface area contributed by atoms with Gasteiger partial charge in [-0.1, -0.05) is 113 Å². The van der Waals surface area contributed by atoms with Gasteiger partial charge in [0.1, 0.15) is 11.9 Å². The summed E-state index contributed by atoms with van der Waals surface area (Å²) in [4.78, 5) is 14.1. The predicted octanol–water partition coefficient (Wildman–Crippen LogP) is 5.41. The number of carbonyl (C=O) groups excluding carboxylic acids is 1. The molecule has 2 N–H and O–H groups in total. The Morgan fingerprint density at radius 3 is 1.93 bits per heavy atom. The molecule has 8 heteroatoms. The number of hydrogen-bond acceptors (Lipinski definition) is 7. The molecule has 0 bridgehead atoms. The van der Waals surface area contributed by atoms with Gasteiger partial charge in [-0.15, -0.1) is 0 Å². The summed E-state index contributed by atoms with van der Waals surface area (Å²) in [5, 5.41) is 23.5. The Bertz CT molecular complexity index is 1430. The Morgan fingerprint density at radius 1 is 0.935 bits per heavy atom. The Labute approximate surface area is 275 Å². The van der Waals surface area contributed by atoms with Gasteiger partial charge in [0, 0.05) is 12.0 Å². The first kappa shape index (κ1) is 35.6. The lowest BCUT2D eigenvalue weighted by Crippen LogP contribution is -2.69. The standard InChI is InChI=1S/C38H50O7Si/c1-27-23-38(35(41)43-8,44-25-29-19-21-30(42-7)22-20-29)37(6,24-33(27)34(40)28(2)39)26-45-46(36(3,4)5,31-15-11-9-12-16-31)32-17-13-10-14-18-32/h9-22,24,27-28,34,39-40H,23,25-26H2,1-8H3/t27-,28?,34?,37+,38-/m1/s1. The third-order valence-corrected chi connectivity index (χ3v) is 14.5. The van der Waals surface area contributed by atoms with E-state index in [1.165, 1.54) is 7.11 Å². The second-order valence-electron chi connectivity index (χ2n) is 13.8. The molecule has 0 aliphatic heterocycles. The van der Waals surface area contributed by atoms with Gasteiger partial charge in [-0.2, -0.15) is 0 Å². The second-order valence-corrected chi connectivity index (χ2v) is 18.1. The second kappa shape index (κ2) is 14.2. The van der Waals surface area contributed by atoms with Gasteiger partial charge in [-0.05, 0) is 57.9 Å². The number of aliphatic hydroxyl groups is 2. The van der Waals surface area contributed by atoms with Gasteiger partial charge in [-0.3, -0.25) is 0 Å². The zero-order valence-corrected chi connectivity index (χ0v) is 29.4. The van der Waals surface area contributed by atoms with Crippen molar-refractivity contribution in [3.63, 3.8) is 0 Å². The molecule has 1 aliphatic rings. The third-order valence-electron chi connectivity index (χ3n) is 9.53. The van der Waals surface area contributed by atoms with E-state index in [-0.39, 0.29) is 30.6 Å². The molecule has 7 nitrogen and oxygen atoms in total. The number of methoxy groups -OCH3 is 2. The van der Waals surface area contributed by atoms with Crippen LogP contribution in [-0.2, 0) is 25.3 Å². The van der Waals surface area contributed by atoms with Crippen LogP contribution in [-0.4, -0.2) is 63.1 Å². The quantitative estimate of drug-likeness (QED) is 0.154. The Morgan fingerprint density at radius 2 is 1.48 bits per heavy atom.